The van der Waals surface area contributed by atoms with Gasteiger partial charge in [0.25, 0.3) is 0 Å². The number of nitrogens with one attached hydrogen (secondary N) is 2. The number of hydrogen-bond acceptors (Lipinski definition) is 4. The first-order valence-electron chi connectivity index (χ1n) is 8.43. The molecule has 5 nitrogen and oxygen atoms in total. The van der Waals surface area contributed by atoms with Crippen LogP contribution in [0.1, 0.15) is 39.5 Å². The third kappa shape index (κ3) is 11.4. The van der Waals surface area contributed by atoms with Gasteiger partial charge >= 0.3 is 0 Å². The molecule has 1 saturated heterocycles. The number of ether oxygens (including phenoxy) is 2. The van der Waals surface area contributed by atoms with Gasteiger partial charge < -0.3 is 20.1 Å². The Kier molecular flexibility index (Phi) is 14.8. The van der Waals surface area contributed by atoms with Crippen molar-refractivity contribution in [3.63, 3.8) is 0 Å². The van der Waals surface area contributed by atoms with Crippen LogP contribution in [0.3, 0.4) is 0 Å². The predicted octanol–water partition coefficient (Wildman–Crippen LogP) is 2.89. The Morgan fingerprint density at radius 1 is 1.22 bits per heavy atom. The van der Waals surface area contributed by atoms with Gasteiger partial charge in [-0.1, -0.05) is 0 Å². The zero-order chi connectivity index (χ0) is 16.1. The molecule has 1 unspecified atom stereocenters. The summed E-state index contributed by atoms with van der Waals surface area (Å²) < 4.78 is 10.7. The van der Waals surface area contributed by atoms with Crippen molar-refractivity contribution < 1.29 is 9.47 Å². The maximum Gasteiger partial charge on any atom is 0.191 e. The highest BCUT2D eigenvalue weighted by molar-refractivity contribution is 14.0. The second-order valence-electron chi connectivity index (χ2n) is 5.84. The Morgan fingerprint density at radius 3 is 2.70 bits per heavy atom. The number of hydrogen-bond donors (Lipinski definition) is 2. The molecule has 1 rings (SSSR count). The lowest BCUT2D eigenvalue weighted by molar-refractivity contribution is 0.0689. The van der Waals surface area contributed by atoms with E-state index in [-0.39, 0.29) is 24.0 Å². The Bertz CT molecular complexity index is 314. The summed E-state index contributed by atoms with van der Waals surface area (Å²) in [5, 5.41) is 6.74. The molecule has 1 aliphatic rings. The van der Waals surface area contributed by atoms with Gasteiger partial charge in [-0.15, -0.1) is 24.0 Å². The monoisotopic (exact) mass is 459 g/mol. The summed E-state index contributed by atoms with van der Waals surface area (Å²) in [5.74, 6) is 2.22. The number of thioether (sulfide) groups is 1. The van der Waals surface area contributed by atoms with Crippen LogP contribution in [-0.2, 0) is 9.47 Å². The maximum atomic E-state index is 5.46. The molecule has 0 saturated carbocycles. The minimum Gasteiger partial charge on any atom is -0.382 e. The molecule has 0 amide bonds. The maximum absolute atomic E-state index is 5.46. The van der Waals surface area contributed by atoms with E-state index in [2.05, 4.69) is 36.2 Å². The van der Waals surface area contributed by atoms with Gasteiger partial charge in [-0.05, 0) is 45.3 Å². The summed E-state index contributed by atoms with van der Waals surface area (Å²) in [5.41, 5.74) is 0. The molecule has 2 N–H and O–H groups in total. The molecule has 0 bridgehead atoms. The predicted molar refractivity (Wildman–Crippen MR) is 111 cm³/mol. The Labute approximate surface area is 163 Å². The number of rotatable bonds is 11. The first-order chi connectivity index (χ1) is 10.7. The second-order valence-corrected chi connectivity index (χ2v) is 7.52. The van der Waals surface area contributed by atoms with Crippen LogP contribution >= 0.6 is 35.7 Å². The molecule has 0 aromatic carbocycles. The van der Waals surface area contributed by atoms with Crippen LogP contribution in [0.5, 0.6) is 0 Å². The van der Waals surface area contributed by atoms with Crippen LogP contribution in [-0.4, -0.2) is 63.0 Å². The molecule has 1 atom stereocenters. The van der Waals surface area contributed by atoms with E-state index in [1.54, 1.807) is 7.11 Å². The van der Waals surface area contributed by atoms with E-state index >= 15 is 0 Å². The summed E-state index contributed by atoms with van der Waals surface area (Å²) in [6.45, 7) is 9.32. The fraction of sp³-hybridized carbons (Fsp3) is 0.938. The lowest BCUT2D eigenvalue weighted by Crippen LogP contribution is -2.39. The molecule has 0 spiro atoms. The SMILES string of the molecule is CCNC(=NCC1(C)CCCS1)NCCCCOCCOC.I. The normalized spacial score (nSPS) is 21.1. The number of aliphatic imine (C=N–C) groups is 1. The third-order valence-corrected chi connectivity index (χ3v) is 5.18. The molecular formula is C16H34IN3O2S. The molecule has 0 radical (unpaired) electrons. The fourth-order valence-corrected chi connectivity index (χ4v) is 3.56. The summed E-state index contributed by atoms with van der Waals surface area (Å²) in [6.07, 6.45) is 4.75. The molecule has 0 aromatic rings. The van der Waals surface area contributed by atoms with Gasteiger partial charge in [0.15, 0.2) is 5.96 Å². The molecule has 1 aliphatic heterocycles. The van der Waals surface area contributed by atoms with Gasteiger partial charge in [0.05, 0.1) is 19.8 Å². The smallest absolute Gasteiger partial charge is 0.191 e. The number of nitrogens with zero attached hydrogens (tertiary/aromatic N) is 1. The van der Waals surface area contributed by atoms with Gasteiger partial charge in [0.1, 0.15) is 0 Å². The van der Waals surface area contributed by atoms with Crippen LogP contribution in [0, 0.1) is 0 Å². The molecule has 138 valence electrons. The Morgan fingerprint density at radius 2 is 2.04 bits per heavy atom. The molecule has 23 heavy (non-hydrogen) atoms. The zero-order valence-corrected chi connectivity index (χ0v) is 18.0. The molecule has 1 heterocycles. The first kappa shape index (κ1) is 23.3. The van der Waals surface area contributed by atoms with Crippen molar-refractivity contribution in [1.29, 1.82) is 0 Å². The van der Waals surface area contributed by atoms with Crippen molar-refractivity contribution in [2.75, 3.05) is 52.3 Å². The molecule has 1 fully saturated rings. The van der Waals surface area contributed by atoms with Crippen molar-refractivity contribution >= 4 is 41.7 Å². The summed E-state index contributed by atoms with van der Waals surface area (Å²) >= 11 is 2.06. The third-order valence-electron chi connectivity index (χ3n) is 3.66. The van der Waals surface area contributed by atoms with Crippen molar-refractivity contribution in [2.24, 2.45) is 4.99 Å². The number of guanidine groups is 1. The van der Waals surface area contributed by atoms with Crippen molar-refractivity contribution in [3.05, 3.63) is 0 Å². The standard InChI is InChI=1S/C16H33N3O2S.HI/c1-4-17-15(19-14-16(2)8-7-13-22-16)18-9-5-6-10-21-12-11-20-3;/h4-14H2,1-3H3,(H2,17,18,19);1H. The van der Waals surface area contributed by atoms with Gasteiger partial charge in [-0.2, -0.15) is 11.8 Å². The van der Waals surface area contributed by atoms with E-state index in [0.29, 0.717) is 18.0 Å². The minimum atomic E-state index is 0. The van der Waals surface area contributed by atoms with Crippen LogP contribution in [0.4, 0.5) is 0 Å². The molecular weight excluding hydrogens is 425 g/mol. The summed E-state index contributed by atoms with van der Waals surface area (Å²) in [7, 11) is 1.69. The van der Waals surface area contributed by atoms with E-state index in [9.17, 15) is 0 Å². The number of methoxy groups -OCH3 is 1. The van der Waals surface area contributed by atoms with Gasteiger partial charge in [-0.25, -0.2) is 0 Å². The zero-order valence-electron chi connectivity index (χ0n) is 14.9. The van der Waals surface area contributed by atoms with Gasteiger partial charge in [0, 0.05) is 31.6 Å². The highest BCUT2D eigenvalue weighted by atomic mass is 127. The van der Waals surface area contributed by atoms with Crippen LogP contribution in [0.2, 0.25) is 0 Å². The lowest BCUT2D eigenvalue weighted by Gasteiger charge is -2.21. The summed E-state index contributed by atoms with van der Waals surface area (Å²) in [4.78, 5) is 4.75. The first-order valence-corrected chi connectivity index (χ1v) is 9.41. The average molecular weight is 459 g/mol. The largest absolute Gasteiger partial charge is 0.382 e. The van der Waals surface area contributed by atoms with E-state index in [1.165, 1.54) is 18.6 Å². The fourth-order valence-electron chi connectivity index (χ4n) is 2.33. The quantitative estimate of drug-likeness (QED) is 0.215. The van der Waals surface area contributed by atoms with E-state index in [0.717, 1.165) is 45.0 Å². The molecule has 0 aliphatic carbocycles. The Hall–Kier alpha value is 0.270. The van der Waals surface area contributed by atoms with Crippen LogP contribution < -0.4 is 10.6 Å². The molecule has 0 aromatic heterocycles. The van der Waals surface area contributed by atoms with Crippen molar-refractivity contribution in [1.82, 2.24) is 10.6 Å². The van der Waals surface area contributed by atoms with E-state index in [1.807, 2.05) is 0 Å². The topological polar surface area (TPSA) is 54.9 Å². The minimum absolute atomic E-state index is 0. The van der Waals surface area contributed by atoms with Crippen LogP contribution in [0.15, 0.2) is 4.99 Å². The van der Waals surface area contributed by atoms with Crippen molar-refractivity contribution in [3.8, 4) is 0 Å². The van der Waals surface area contributed by atoms with Gasteiger partial charge in [0.2, 0.25) is 0 Å². The van der Waals surface area contributed by atoms with Crippen molar-refractivity contribution in [2.45, 2.75) is 44.3 Å². The highest BCUT2D eigenvalue weighted by Gasteiger charge is 2.29. The second kappa shape index (κ2) is 14.6. The lowest BCUT2D eigenvalue weighted by atomic mass is 10.1. The van der Waals surface area contributed by atoms with E-state index < -0.39 is 0 Å². The number of halogens is 1. The average Bonchev–Trinajstić information content (AvgIpc) is 2.94. The van der Waals surface area contributed by atoms with E-state index in [4.69, 9.17) is 14.5 Å². The number of unbranched alkanes of at least 4 members (excludes halogenated alkanes) is 1. The van der Waals surface area contributed by atoms with Gasteiger partial charge in [-0.3, -0.25) is 4.99 Å². The Balaban J connectivity index is 0.00000484. The highest BCUT2D eigenvalue weighted by Crippen LogP contribution is 2.37. The van der Waals surface area contributed by atoms with Crippen LogP contribution in [0.25, 0.3) is 0 Å². The molecule has 7 heteroatoms. The summed E-state index contributed by atoms with van der Waals surface area (Å²) in [6, 6.07) is 0.